The van der Waals surface area contributed by atoms with Crippen molar-refractivity contribution in [1.29, 1.82) is 0 Å². The van der Waals surface area contributed by atoms with E-state index in [0.717, 1.165) is 12.0 Å². The molecule has 2 amide bonds. The summed E-state index contributed by atoms with van der Waals surface area (Å²) in [4.78, 5) is 24.8. The number of ether oxygens (including phenoxy) is 1. The summed E-state index contributed by atoms with van der Waals surface area (Å²) in [5.74, 6) is 0.264. The van der Waals surface area contributed by atoms with E-state index in [-0.39, 0.29) is 24.4 Å². The molecule has 0 aliphatic heterocycles. The number of benzene rings is 3. The first-order valence-corrected chi connectivity index (χ1v) is 10.8. The third kappa shape index (κ3) is 6.87. The van der Waals surface area contributed by atoms with Gasteiger partial charge in [0.05, 0.1) is 12.2 Å². The molecule has 1 atom stereocenters. The lowest BCUT2D eigenvalue weighted by molar-refractivity contribution is -0.114. The largest absolute Gasteiger partial charge is 0.487 e. The molecule has 166 valence electrons. The van der Waals surface area contributed by atoms with Crippen molar-refractivity contribution in [2.75, 3.05) is 17.2 Å². The minimum atomic E-state index is -0.213. The van der Waals surface area contributed by atoms with Crippen molar-refractivity contribution in [1.82, 2.24) is 5.32 Å². The Morgan fingerprint density at radius 3 is 2.47 bits per heavy atom. The molecule has 0 saturated carbocycles. The predicted octanol–water partition coefficient (Wildman–Crippen LogP) is 4.84. The van der Waals surface area contributed by atoms with Gasteiger partial charge in [0.25, 0.3) is 5.91 Å². The lowest BCUT2D eigenvalue weighted by atomic mass is 10.1. The third-order valence-corrected chi connectivity index (χ3v) is 4.97. The van der Waals surface area contributed by atoms with Crippen molar-refractivity contribution in [2.45, 2.75) is 32.9 Å². The number of nitrogens with one attached hydrogen (secondary N) is 3. The molecule has 3 aromatic rings. The van der Waals surface area contributed by atoms with Crippen LogP contribution < -0.4 is 20.7 Å². The van der Waals surface area contributed by atoms with E-state index in [1.807, 2.05) is 68.4 Å². The molecule has 0 heterocycles. The van der Waals surface area contributed by atoms with Gasteiger partial charge < -0.3 is 20.7 Å². The summed E-state index contributed by atoms with van der Waals surface area (Å²) in [6.07, 6.45) is 0.861. The summed E-state index contributed by atoms with van der Waals surface area (Å²) in [6, 6.07) is 24.4. The maximum absolute atomic E-state index is 12.5. The molecule has 0 spiro atoms. The average molecular weight is 432 g/mol. The summed E-state index contributed by atoms with van der Waals surface area (Å²) < 4.78 is 5.89. The number of para-hydroxylation sites is 2. The molecule has 0 fully saturated rings. The molecule has 0 aliphatic carbocycles. The summed E-state index contributed by atoms with van der Waals surface area (Å²) in [7, 11) is 0. The number of hydrogen-bond acceptors (Lipinski definition) is 4. The molecule has 3 rings (SSSR count). The van der Waals surface area contributed by atoms with Gasteiger partial charge in [-0.2, -0.15) is 0 Å². The zero-order valence-electron chi connectivity index (χ0n) is 18.4. The molecule has 6 heteroatoms. The quantitative estimate of drug-likeness (QED) is 0.429. The smallest absolute Gasteiger partial charge is 0.251 e. The highest BCUT2D eigenvalue weighted by atomic mass is 16.5. The molecule has 3 aromatic carbocycles. The Kier molecular flexibility index (Phi) is 8.26. The molecule has 3 N–H and O–H groups in total. The monoisotopic (exact) mass is 431 g/mol. The maximum Gasteiger partial charge on any atom is 0.251 e. The standard InChI is InChI=1S/C26H29N3O3/c1-3-19(2)28-26(31)21-12-9-13-22(16-21)27-17-25(30)29-23-14-7-8-15-24(23)32-18-20-10-5-4-6-11-20/h4-16,19,27H,3,17-18H2,1-2H3,(H,28,31)(H,29,30). The predicted molar refractivity (Wildman–Crippen MR) is 128 cm³/mol. The van der Waals surface area contributed by atoms with E-state index in [1.165, 1.54) is 0 Å². The zero-order valence-corrected chi connectivity index (χ0v) is 18.4. The van der Waals surface area contributed by atoms with Gasteiger partial charge in [-0.1, -0.05) is 55.5 Å². The average Bonchev–Trinajstić information content (AvgIpc) is 2.83. The van der Waals surface area contributed by atoms with Crippen molar-refractivity contribution >= 4 is 23.2 Å². The van der Waals surface area contributed by atoms with Crippen LogP contribution in [-0.2, 0) is 11.4 Å². The van der Waals surface area contributed by atoms with Gasteiger partial charge in [-0.05, 0) is 49.2 Å². The molecular weight excluding hydrogens is 402 g/mol. The minimum Gasteiger partial charge on any atom is -0.487 e. The molecule has 0 radical (unpaired) electrons. The Balaban J connectivity index is 1.55. The van der Waals surface area contributed by atoms with E-state index < -0.39 is 0 Å². The van der Waals surface area contributed by atoms with Crippen LogP contribution in [-0.4, -0.2) is 24.4 Å². The van der Waals surface area contributed by atoms with Crippen molar-refractivity contribution in [3.8, 4) is 5.75 Å². The molecular formula is C26H29N3O3. The van der Waals surface area contributed by atoms with E-state index >= 15 is 0 Å². The van der Waals surface area contributed by atoms with Crippen LogP contribution >= 0.6 is 0 Å². The van der Waals surface area contributed by atoms with Crippen LogP contribution in [0.15, 0.2) is 78.9 Å². The Morgan fingerprint density at radius 2 is 1.69 bits per heavy atom. The normalized spacial score (nSPS) is 11.3. The number of rotatable bonds is 10. The first-order chi connectivity index (χ1) is 15.5. The zero-order chi connectivity index (χ0) is 22.8. The SMILES string of the molecule is CCC(C)NC(=O)c1cccc(NCC(=O)Nc2ccccc2OCc2ccccc2)c1. The van der Waals surface area contributed by atoms with E-state index in [0.29, 0.717) is 29.3 Å². The van der Waals surface area contributed by atoms with Gasteiger partial charge in [0.1, 0.15) is 12.4 Å². The second-order valence-electron chi connectivity index (χ2n) is 7.54. The molecule has 32 heavy (non-hydrogen) atoms. The third-order valence-electron chi connectivity index (χ3n) is 4.97. The summed E-state index contributed by atoms with van der Waals surface area (Å²) in [6.45, 7) is 4.46. The molecule has 6 nitrogen and oxygen atoms in total. The molecule has 0 aliphatic rings. The van der Waals surface area contributed by atoms with Crippen LogP contribution in [0.5, 0.6) is 5.75 Å². The van der Waals surface area contributed by atoms with Gasteiger partial charge in [0.15, 0.2) is 0 Å². The lowest BCUT2D eigenvalue weighted by Gasteiger charge is -2.14. The van der Waals surface area contributed by atoms with Crippen LogP contribution in [0.3, 0.4) is 0 Å². The van der Waals surface area contributed by atoms with Gasteiger partial charge in [-0.15, -0.1) is 0 Å². The highest BCUT2D eigenvalue weighted by Gasteiger charge is 2.11. The van der Waals surface area contributed by atoms with Gasteiger partial charge in [0, 0.05) is 17.3 Å². The van der Waals surface area contributed by atoms with Crippen molar-refractivity contribution < 1.29 is 14.3 Å². The van der Waals surface area contributed by atoms with Gasteiger partial charge in [-0.25, -0.2) is 0 Å². The highest BCUT2D eigenvalue weighted by Crippen LogP contribution is 2.24. The van der Waals surface area contributed by atoms with E-state index in [9.17, 15) is 9.59 Å². The minimum absolute atomic E-state index is 0.0590. The number of anilines is 2. The van der Waals surface area contributed by atoms with Gasteiger partial charge in [0.2, 0.25) is 5.91 Å². The van der Waals surface area contributed by atoms with Crippen LogP contribution in [0.2, 0.25) is 0 Å². The Bertz CT molecular complexity index is 1040. The molecule has 0 aromatic heterocycles. The first-order valence-electron chi connectivity index (χ1n) is 10.8. The molecule has 1 unspecified atom stereocenters. The highest BCUT2D eigenvalue weighted by molar-refractivity contribution is 5.96. The number of carbonyl (C=O) groups excluding carboxylic acids is 2. The van der Waals surface area contributed by atoms with E-state index in [2.05, 4.69) is 16.0 Å². The van der Waals surface area contributed by atoms with Crippen LogP contribution in [0.1, 0.15) is 36.2 Å². The first kappa shape index (κ1) is 22.9. The summed E-state index contributed by atoms with van der Waals surface area (Å²) in [5.41, 5.74) is 2.91. The maximum atomic E-state index is 12.5. The van der Waals surface area contributed by atoms with Crippen molar-refractivity contribution in [3.63, 3.8) is 0 Å². The second kappa shape index (κ2) is 11.6. The molecule has 0 bridgehead atoms. The number of carbonyl (C=O) groups is 2. The van der Waals surface area contributed by atoms with Crippen molar-refractivity contribution in [3.05, 3.63) is 90.0 Å². The van der Waals surface area contributed by atoms with E-state index in [1.54, 1.807) is 24.3 Å². The van der Waals surface area contributed by atoms with E-state index in [4.69, 9.17) is 4.74 Å². The number of amides is 2. The van der Waals surface area contributed by atoms with Crippen molar-refractivity contribution in [2.24, 2.45) is 0 Å². The fourth-order valence-corrected chi connectivity index (χ4v) is 2.99. The Morgan fingerprint density at radius 1 is 0.938 bits per heavy atom. The fourth-order valence-electron chi connectivity index (χ4n) is 2.99. The topological polar surface area (TPSA) is 79.5 Å². The van der Waals surface area contributed by atoms with Gasteiger partial charge >= 0.3 is 0 Å². The summed E-state index contributed by atoms with van der Waals surface area (Å²) in [5, 5.41) is 8.89. The Labute approximate surface area is 189 Å². The molecule has 0 saturated heterocycles. The van der Waals surface area contributed by atoms with Gasteiger partial charge in [-0.3, -0.25) is 9.59 Å². The lowest BCUT2D eigenvalue weighted by Crippen LogP contribution is -2.31. The van der Waals surface area contributed by atoms with Crippen LogP contribution in [0, 0.1) is 0 Å². The Hall–Kier alpha value is -3.80. The second-order valence-corrected chi connectivity index (χ2v) is 7.54. The number of hydrogen-bond donors (Lipinski definition) is 3. The fraction of sp³-hybridized carbons (Fsp3) is 0.231. The summed E-state index contributed by atoms with van der Waals surface area (Å²) >= 11 is 0. The van der Waals surface area contributed by atoms with Crippen LogP contribution in [0.25, 0.3) is 0 Å². The van der Waals surface area contributed by atoms with Crippen LogP contribution in [0.4, 0.5) is 11.4 Å².